The molecule has 0 aliphatic rings. The summed E-state index contributed by atoms with van der Waals surface area (Å²) >= 11 is 0. The fraction of sp³-hybridized carbons (Fsp3) is 0.562. The largest absolute Gasteiger partial charge is 0.475 e. The van der Waals surface area contributed by atoms with Crippen molar-refractivity contribution >= 4 is 5.97 Å². The lowest BCUT2D eigenvalue weighted by atomic mass is 10.1. The molecule has 1 aromatic rings. The minimum absolute atomic E-state index is 0.235. The lowest BCUT2D eigenvalue weighted by Crippen LogP contribution is -2.48. The second-order valence-electron chi connectivity index (χ2n) is 5.34. The molecule has 21 heavy (non-hydrogen) atoms. The molecule has 1 unspecified atom stereocenters. The van der Waals surface area contributed by atoms with Gasteiger partial charge in [0.05, 0.1) is 13.0 Å². The topological polar surface area (TPSA) is 67.8 Å². The van der Waals surface area contributed by atoms with Gasteiger partial charge in [-0.05, 0) is 44.9 Å². The molecule has 118 valence electrons. The Kier molecular flexibility index (Phi) is 6.65. The van der Waals surface area contributed by atoms with Gasteiger partial charge in [-0.1, -0.05) is 19.1 Å². The van der Waals surface area contributed by atoms with Gasteiger partial charge in [-0.3, -0.25) is 10.1 Å². The molecule has 1 aromatic carbocycles. The van der Waals surface area contributed by atoms with Crippen molar-refractivity contribution in [2.75, 3.05) is 6.61 Å². The standard InChI is InChI=1S/C16H25NO4/c1-5-14(17-16(3,4)19)21-13-9-7-12(8-10-13)11-15(18)20-6-2/h7-10,14,17,19H,5-6,11H2,1-4H3. The number of hydrogen-bond donors (Lipinski definition) is 2. The van der Waals surface area contributed by atoms with Crippen LogP contribution < -0.4 is 10.1 Å². The van der Waals surface area contributed by atoms with Crippen LogP contribution in [0.2, 0.25) is 0 Å². The van der Waals surface area contributed by atoms with Gasteiger partial charge < -0.3 is 14.6 Å². The van der Waals surface area contributed by atoms with Gasteiger partial charge in [-0.25, -0.2) is 0 Å². The van der Waals surface area contributed by atoms with E-state index in [0.717, 1.165) is 5.56 Å². The molecular weight excluding hydrogens is 270 g/mol. The maximum atomic E-state index is 11.4. The number of hydrogen-bond acceptors (Lipinski definition) is 5. The third-order valence-electron chi connectivity index (χ3n) is 2.74. The highest BCUT2D eigenvalue weighted by Gasteiger charge is 2.18. The van der Waals surface area contributed by atoms with E-state index in [1.54, 1.807) is 20.8 Å². The molecule has 1 atom stereocenters. The van der Waals surface area contributed by atoms with E-state index >= 15 is 0 Å². The van der Waals surface area contributed by atoms with Crippen LogP contribution in [0.15, 0.2) is 24.3 Å². The first kappa shape index (κ1) is 17.5. The summed E-state index contributed by atoms with van der Waals surface area (Å²) in [6.07, 6.45) is 0.697. The average molecular weight is 295 g/mol. The molecular formula is C16H25NO4. The Morgan fingerprint density at radius 3 is 2.38 bits per heavy atom. The zero-order valence-electron chi connectivity index (χ0n) is 13.2. The highest BCUT2D eigenvalue weighted by atomic mass is 16.5. The quantitative estimate of drug-likeness (QED) is 0.568. The SMILES string of the molecule is CCOC(=O)Cc1ccc(OC(CC)NC(C)(C)O)cc1. The Labute approximate surface area is 126 Å². The highest BCUT2D eigenvalue weighted by Crippen LogP contribution is 2.16. The Bertz CT molecular complexity index is 437. The van der Waals surface area contributed by atoms with Gasteiger partial charge in [0.2, 0.25) is 0 Å². The number of rotatable bonds is 8. The zero-order valence-corrected chi connectivity index (χ0v) is 13.2. The van der Waals surface area contributed by atoms with Crippen LogP contribution in [0.3, 0.4) is 0 Å². The fourth-order valence-electron chi connectivity index (χ4n) is 1.84. The summed E-state index contributed by atoms with van der Waals surface area (Å²) in [4.78, 5) is 11.4. The number of benzene rings is 1. The van der Waals surface area contributed by atoms with Crippen LogP contribution in [0.1, 0.15) is 39.7 Å². The second-order valence-corrected chi connectivity index (χ2v) is 5.34. The van der Waals surface area contributed by atoms with Crippen molar-refractivity contribution in [3.05, 3.63) is 29.8 Å². The monoisotopic (exact) mass is 295 g/mol. The van der Waals surface area contributed by atoms with E-state index in [-0.39, 0.29) is 18.6 Å². The molecule has 0 saturated carbocycles. The predicted molar refractivity (Wildman–Crippen MR) is 80.9 cm³/mol. The van der Waals surface area contributed by atoms with Crippen LogP contribution in [0.5, 0.6) is 5.75 Å². The van der Waals surface area contributed by atoms with Gasteiger partial charge >= 0.3 is 5.97 Å². The van der Waals surface area contributed by atoms with Crippen LogP contribution in [0.25, 0.3) is 0 Å². The maximum Gasteiger partial charge on any atom is 0.310 e. The van der Waals surface area contributed by atoms with Crippen molar-refractivity contribution in [1.82, 2.24) is 5.32 Å². The molecule has 0 radical (unpaired) electrons. The maximum absolute atomic E-state index is 11.4. The van der Waals surface area contributed by atoms with Crippen molar-refractivity contribution in [2.24, 2.45) is 0 Å². The summed E-state index contributed by atoms with van der Waals surface area (Å²) in [5.74, 6) is 0.451. The van der Waals surface area contributed by atoms with Crippen LogP contribution >= 0.6 is 0 Å². The van der Waals surface area contributed by atoms with Crippen LogP contribution in [0, 0.1) is 0 Å². The van der Waals surface area contributed by atoms with Crippen LogP contribution in [-0.4, -0.2) is 29.6 Å². The average Bonchev–Trinajstić information content (AvgIpc) is 2.39. The number of esters is 1. The van der Waals surface area contributed by atoms with E-state index in [1.807, 2.05) is 31.2 Å². The van der Waals surface area contributed by atoms with Crippen molar-refractivity contribution in [3.8, 4) is 5.75 Å². The third-order valence-corrected chi connectivity index (χ3v) is 2.74. The van der Waals surface area contributed by atoms with Crippen molar-refractivity contribution in [2.45, 2.75) is 52.5 Å². The number of nitrogens with one attached hydrogen (secondary N) is 1. The Morgan fingerprint density at radius 1 is 1.29 bits per heavy atom. The molecule has 0 aromatic heterocycles. The molecule has 0 spiro atoms. The summed E-state index contributed by atoms with van der Waals surface area (Å²) < 4.78 is 10.7. The first-order chi connectivity index (χ1) is 9.84. The van der Waals surface area contributed by atoms with Crippen LogP contribution in [-0.2, 0) is 16.0 Å². The van der Waals surface area contributed by atoms with Gasteiger partial charge in [0.25, 0.3) is 0 Å². The van der Waals surface area contributed by atoms with E-state index < -0.39 is 5.72 Å². The third kappa shape index (κ3) is 7.11. The molecule has 0 bridgehead atoms. The molecule has 0 fully saturated rings. The second kappa shape index (κ2) is 8.00. The normalized spacial score (nSPS) is 12.8. The molecule has 0 aliphatic heterocycles. The minimum atomic E-state index is -0.996. The lowest BCUT2D eigenvalue weighted by molar-refractivity contribution is -0.142. The summed E-state index contributed by atoms with van der Waals surface area (Å²) in [5, 5.41) is 12.7. The molecule has 0 saturated heterocycles. The van der Waals surface area contributed by atoms with Gasteiger partial charge in [0, 0.05) is 0 Å². The zero-order chi connectivity index (χ0) is 15.9. The number of aliphatic hydroxyl groups is 1. The highest BCUT2D eigenvalue weighted by molar-refractivity contribution is 5.72. The van der Waals surface area contributed by atoms with Crippen molar-refractivity contribution < 1.29 is 19.4 Å². The summed E-state index contributed by atoms with van der Waals surface area (Å²) in [7, 11) is 0. The Hall–Kier alpha value is -1.59. The Balaban J connectivity index is 2.59. The van der Waals surface area contributed by atoms with E-state index in [4.69, 9.17) is 9.47 Å². The first-order valence-electron chi connectivity index (χ1n) is 7.25. The molecule has 5 heteroatoms. The minimum Gasteiger partial charge on any atom is -0.475 e. The summed E-state index contributed by atoms with van der Waals surface area (Å²) in [6.45, 7) is 7.48. The molecule has 1 rings (SSSR count). The Morgan fingerprint density at radius 2 is 1.90 bits per heavy atom. The van der Waals surface area contributed by atoms with Gasteiger partial charge in [0.15, 0.2) is 6.23 Å². The summed E-state index contributed by atoms with van der Waals surface area (Å²) in [6, 6.07) is 7.29. The lowest BCUT2D eigenvalue weighted by Gasteiger charge is -2.27. The fourth-order valence-corrected chi connectivity index (χ4v) is 1.84. The van der Waals surface area contributed by atoms with Crippen molar-refractivity contribution in [1.29, 1.82) is 0 Å². The molecule has 2 N–H and O–H groups in total. The van der Waals surface area contributed by atoms with Gasteiger partial charge in [-0.2, -0.15) is 0 Å². The number of carbonyl (C=O) groups excluding carboxylic acids is 1. The van der Waals surface area contributed by atoms with E-state index in [0.29, 0.717) is 18.8 Å². The van der Waals surface area contributed by atoms with E-state index in [9.17, 15) is 9.90 Å². The van der Waals surface area contributed by atoms with E-state index in [2.05, 4.69) is 5.32 Å². The molecule has 0 heterocycles. The van der Waals surface area contributed by atoms with Gasteiger partial charge in [-0.15, -0.1) is 0 Å². The summed E-state index contributed by atoms with van der Waals surface area (Å²) in [5.41, 5.74) is -0.117. The smallest absolute Gasteiger partial charge is 0.310 e. The molecule has 5 nitrogen and oxygen atoms in total. The van der Waals surface area contributed by atoms with Gasteiger partial charge in [0.1, 0.15) is 11.5 Å². The van der Waals surface area contributed by atoms with E-state index in [1.165, 1.54) is 0 Å². The molecule has 0 aliphatic carbocycles. The first-order valence-corrected chi connectivity index (χ1v) is 7.25. The number of ether oxygens (including phenoxy) is 2. The van der Waals surface area contributed by atoms with Crippen LogP contribution in [0.4, 0.5) is 0 Å². The number of carbonyl (C=O) groups is 1. The predicted octanol–water partition coefficient (Wildman–Crippen LogP) is 2.23. The van der Waals surface area contributed by atoms with Crippen molar-refractivity contribution in [3.63, 3.8) is 0 Å². The molecule has 0 amide bonds.